The van der Waals surface area contributed by atoms with Gasteiger partial charge in [0.15, 0.2) is 0 Å². The third-order valence-corrected chi connectivity index (χ3v) is 4.73. The summed E-state index contributed by atoms with van der Waals surface area (Å²) < 4.78 is 1.88. The lowest BCUT2D eigenvalue weighted by Crippen LogP contribution is -2.14. The minimum atomic E-state index is 0.0788. The predicted molar refractivity (Wildman–Crippen MR) is 98.3 cm³/mol. The van der Waals surface area contributed by atoms with E-state index < -0.39 is 0 Å². The van der Waals surface area contributed by atoms with Crippen molar-refractivity contribution < 1.29 is 4.79 Å². The number of rotatable bonds is 6. The maximum atomic E-state index is 12.4. The molecule has 126 valence electrons. The number of benzene rings is 2. The molecule has 1 aromatic heterocycles. The average molecular weight is 331 g/mol. The van der Waals surface area contributed by atoms with Crippen LogP contribution in [0.25, 0.3) is 0 Å². The zero-order chi connectivity index (χ0) is 17.1. The van der Waals surface area contributed by atoms with E-state index in [2.05, 4.69) is 34.7 Å². The average Bonchev–Trinajstić information content (AvgIpc) is 3.35. The Balaban J connectivity index is 1.30. The zero-order valence-electron chi connectivity index (χ0n) is 14.0. The lowest BCUT2D eigenvalue weighted by molar-refractivity contribution is -0.117. The number of amides is 1. The predicted octanol–water partition coefficient (Wildman–Crippen LogP) is 3.87. The smallest absolute Gasteiger partial charge is 0.228 e. The van der Waals surface area contributed by atoms with Crippen molar-refractivity contribution in [2.75, 3.05) is 5.32 Å². The van der Waals surface area contributed by atoms with Gasteiger partial charge >= 0.3 is 0 Å². The highest BCUT2D eigenvalue weighted by Crippen LogP contribution is 2.47. The molecule has 1 heterocycles. The van der Waals surface area contributed by atoms with Crippen LogP contribution in [0.4, 0.5) is 5.69 Å². The van der Waals surface area contributed by atoms with Gasteiger partial charge in [-0.15, -0.1) is 0 Å². The molecule has 0 saturated heterocycles. The van der Waals surface area contributed by atoms with Crippen LogP contribution in [0.3, 0.4) is 0 Å². The molecule has 1 saturated carbocycles. The maximum Gasteiger partial charge on any atom is 0.228 e. The molecule has 1 aliphatic rings. The van der Waals surface area contributed by atoms with Crippen LogP contribution in [0.1, 0.15) is 23.5 Å². The van der Waals surface area contributed by atoms with E-state index >= 15 is 0 Å². The molecule has 3 aromatic rings. The number of aryl methyl sites for hydroxylation is 2. The van der Waals surface area contributed by atoms with E-state index in [9.17, 15) is 4.79 Å². The number of nitrogens with one attached hydrogen (secondary N) is 1. The van der Waals surface area contributed by atoms with Gasteiger partial charge in [0, 0.05) is 18.7 Å². The summed E-state index contributed by atoms with van der Waals surface area (Å²) in [7, 11) is 0. The van der Waals surface area contributed by atoms with Crippen molar-refractivity contribution in [3.8, 4) is 0 Å². The van der Waals surface area contributed by atoms with Gasteiger partial charge in [0.05, 0.1) is 11.9 Å². The number of hydrogen-bond acceptors (Lipinski definition) is 2. The van der Waals surface area contributed by atoms with Gasteiger partial charge < -0.3 is 5.32 Å². The number of hydrogen-bond donors (Lipinski definition) is 1. The minimum Gasteiger partial charge on any atom is -0.323 e. The van der Waals surface area contributed by atoms with Crippen molar-refractivity contribution in [1.29, 1.82) is 0 Å². The quantitative estimate of drug-likeness (QED) is 0.745. The zero-order valence-corrected chi connectivity index (χ0v) is 14.0. The molecule has 2 aromatic carbocycles. The molecule has 1 fully saturated rings. The Kier molecular flexibility index (Phi) is 4.34. The van der Waals surface area contributed by atoms with Crippen LogP contribution in [0, 0.1) is 5.92 Å². The second-order valence-corrected chi connectivity index (χ2v) is 6.58. The number of nitrogens with zero attached hydrogens (tertiary/aromatic N) is 2. The minimum absolute atomic E-state index is 0.0788. The van der Waals surface area contributed by atoms with E-state index in [0.717, 1.165) is 25.1 Å². The van der Waals surface area contributed by atoms with Crippen molar-refractivity contribution in [1.82, 2.24) is 9.78 Å². The van der Waals surface area contributed by atoms with Crippen molar-refractivity contribution in [2.45, 2.75) is 25.3 Å². The van der Waals surface area contributed by atoms with Gasteiger partial charge in [0.2, 0.25) is 5.91 Å². The van der Waals surface area contributed by atoms with Crippen LogP contribution in [0.2, 0.25) is 0 Å². The van der Waals surface area contributed by atoms with Crippen LogP contribution in [0.5, 0.6) is 0 Å². The summed E-state index contributed by atoms with van der Waals surface area (Å²) in [5.41, 5.74) is 3.31. The first-order chi connectivity index (χ1) is 12.3. The van der Waals surface area contributed by atoms with Crippen LogP contribution < -0.4 is 5.32 Å². The summed E-state index contributed by atoms with van der Waals surface area (Å²) in [6.07, 6.45) is 5.48. The second kappa shape index (κ2) is 6.93. The topological polar surface area (TPSA) is 46.9 Å². The summed E-state index contributed by atoms with van der Waals surface area (Å²) in [5, 5.41) is 7.34. The Hall–Kier alpha value is -2.88. The molecular weight excluding hydrogens is 310 g/mol. The molecule has 25 heavy (non-hydrogen) atoms. The second-order valence-electron chi connectivity index (χ2n) is 6.58. The van der Waals surface area contributed by atoms with Crippen LogP contribution in [-0.4, -0.2) is 15.7 Å². The first-order valence-corrected chi connectivity index (χ1v) is 8.72. The van der Waals surface area contributed by atoms with Crippen molar-refractivity contribution in [3.05, 3.63) is 84.2 Å². The molecule has 4 heteroatoms. The van der Waals surface area contributed by atoms with E-state index in [1.807, 2.05) is 47.3 Å². The molecule has 0 bridgehead atoms. The van der Waals surface area contributed by atoms with Gasteiger partial charge in [-0.2, -0.15) is 5.10 Å². The number of aromatic nitrogens is 2. The van der Waals surface area contributed by atoms with Gasteiger partial charge in [-0.25, -0.2) is 0 Å². The molecule has 2 atom stereocenters. The summed E-state index contributed by atoms with van der Waals surface area (Å²) in [5.74, 6) is 0.529. The normalized spacial score (nSPS) is 18.7. The van der Waals surface area contributed by atoms with E-state index in [-0.39, 0.29) is 11.8 Å². The van der Waals surface area contributed by atoms with E-state index in [1.54, 1.807) is 6.20 Å². The number of carbonyl (C=O) groups is 1. The molecule has 1 amide bonds. The first-order valence-electron chi connectivity index (χ1n) is 8.72. The maximum absolute atomic E-state index is 12.4. The van der Waals surface area contributed by atoms with Gasteiger partial charge in [0.1, 0.15) is 0 Å². The van der Waals surface area contributed by atoms with Crippen LogP contribution >= 0.6 is 0 Å². The van der Waals surface area contributed by atoms with Gasteiger partial charge in [-0.05, 0) is 29.9 Å². The van der Waals surface area contributed by atoms with E-state index in [4.69, 9.17) is 0 Å². The monoisotopic (exact) mass is 331 g/mol. The van der Waals surface area contributed by atoms with Crippen LogP contribution in [0.15, 0.2) is 73.1 Å². The Morgan fingerprint density at radius 2 is 1.80 bits per heavy atom. The highest BCUT2D eigenvalue weighted by molar-refractivity contribution is 5.95. The highest BCUT2D eigenvalue weighted by atomic mass is 16.2. The summed E-state index contributed by atoms with van der Waals surface area (Å²) in [6, 6.07) is 20.6. The molecule has 0 spiro atoms. The van der Waals surface area contributed by atoms with Gasteiger partial charge in [0.25, 0.3) is 0 Å². The lowest BCUT2D eigenvalue weighted by atomic mass is 10.1. The molecule has 1 N–H and O–H groups in total. The van der Waals surface area contributed by atoms with Gasteiger partial charge in [-0.3, -0.25) is 9.48 Å². The van der Waals surface area contributed by atoms with E-state index in [1.165, 1.54) is 11.1 Å². The Labute approximate surface area is 147 Å². The fourth-order valence-corrected chi connectivity index (χ4v) is 3.23. The summed E-state index contributed by atoms with van der Waals surface area (Å²) >= 11 is 0. The molecule has 2 unspecified atom stereocenters. The van der Waals surface area contributed by atoms with Crippen molar-refractivity contribution >= 4 is 11.6 Å². The fraction of sp³-hybridized carbons (Fsp3) is 0.238. The van der Waals surface area contributed by atoms with Gasteiger partial charge in [-0.1, -0.05) is 60.7 Å². The van der Waals surface area contributed by atoms with Crippen molar-refractivity contribution in [2.24, 2.45) is 5.92 Å². The van der Waals surface area contributed by atoms with Crippen molar-refractivity contribution in [3.63, 3.8) is 0 Å². The molecule has 0 radical (unpaired) electrons. The largest absolute Gasteiger partial charge is 0.323 e. The molecule has 4 rings (SSSR count). The molecule has 1 aliphatic carbocycles. The summed E-state index contributed by atoms with van der Waals surface area (Å²) in [4.78, 5) is 12.4. The molecular formula is C21H21N3O. The first kappa shape index (κ1) is 15.6. The third kappa shape index (κ3) is 3.79. The standard InChI is InChI=1S/C21H21N3O/c25-21(20-13-19(20)17-9-5-2-6-10-17)23-18-14-22-24(15-18)12-11-16-7-3-1-4-8-16/h1-10,14-15,19-20H,11-13H2,(H,23,25). The fourth-order valence-electron chi connectivity index (χ4n) is 3.23. The SMILES string of the molecule is O=C(Nc1cnn(CCc2ccccc2)c1)C1CC1c1ccccc1. The Bertz CT molecular complexity index is 842. The number of carbonyl (C=O) groups excluding carboxylic acids is 1. The van der Waals surface area contributed by atoms with Crippen LogP contribution in [-0.2, 0) is 17.8 Å². The summed E-state index contributed by atoms with van der Waals surface area (Å²) in [6.45, 7) is 0.802. The Morgan fingerprint density at radius 3 is 2.56 bits per heavy atom. The molecule has 4 nitrogen and oxygen atoms in total. The third-order valence-electron chi connectivity index (χ3n) is 4.73. The Morgan fingerprint density at radius 1 is 1.08 bits per heavy atom. The number of anilines is 1. The highest BCUT2D eigenvalue weighted by Gasteiger charge is 2.43. The molecule has 0 aliphatic heterocycles. The lowest BCUT2D eigenvalue weighted by Gasteiger charge is -2.03. The van der Waals surface area contributed by atoms with E-state index in [0.29, 0.717) is 5.92 Å².